The molecular formula is C20H15IN4O2S. The maximum atomic E-state index is 12.8. The molecule has 0 spiro atoms. The predicted molar refractivity (Wildman–Crippen MR) is 119 cm³/mol. The summed E-state index contributed by atoms with van der Waals surface area (Å²) >= 11 is 2.21. The molecule has 4 aromatic rings. The molecule has 140 valence electrons. The minimum absolute atomic E-state index is 0.141. The van der Waals surface area contributed by atoms with E-state index in [0.29, 0.717) is 16.9 Å². The van der Waals surface area contributed by atoms with Crippen LogP contribution in [0, 0.1) is 3.57 Å². The van der Waals surface area contributed by atoms with Crippen molar-refractivity contribution in [2.24, 2.45) is 0 Å². The summed E-state index contributed by atoms with van der Waals surface area (Å²) in [5.74, 6) is 0.476. The lowest BCUT2D eigenvalue weighted by atomic mass is 10.3. The lowest BCUT2D eigenvalue weighted by Crippen LogP contribution is -2.16. The van der Waals surface area contributed by atoms with Crippen LogP contribution in [0.4, 0.5) is 17.3 Å². The Kier molecular flexibility index (Phi) is 5.14. The van der Waals surface area contributed by atoms with Gasteiger partial charge in [-0.2, -0.15) is 0 Å². The first kappa shape index (κ1) is 18.6. The third-order valence-corrected chi connectivity index (χ3v) is 6.28. The highest BCUT2D eigenvalue weighted by atomic mass is 127. The van der Waals surface area contributed by atoms with Gasteiger partial charge in [0.05, 0.1) is 21.6 Å². The van der Waals surface area contributed by atoms with Crippen LogP contribution >= 0.6 is 22.6 Å². The minimum atomic E-state index is -3.80. The molecular weight excluding hydrogens is 487 g/mol. The third-order valence-electron chi connectivity index (χ3n) is 3.98. The zero-order valence-corrected chi connectivity index (χ0v) is 17.5. The fourth-order valence-electron chi connectivity index (χ4n) is 2.63. The van der Waals surface area contributed by atoms with Gasteiger partial charge in [0.25, 0.3) is 10.0 Å². The van der Waals surface area contributed by atoms with E-state index in [1.807, 2.05) is 42.5 Å². The summed E-state index contributed by atoms with van der Waals surface area (Å²) in [4.78, 5) is 9.24. The largest absolute Gasteiger partial charge is 0.336 e. The minimum Gasteiger partial charge on any atom is -0.336 e. The second-order valence-corrected chi connectivity index (χ2v) is 8.78. The van der Waals surface area contributed by atoms with Gasteiger partial charge in [-0.25, -0.2) is 18.4 Å². The molecule has 0 radical (unpaired) electrons. The number of nitrogens with zero attached hydrogens (tertiary/aromatic N) is 2. The smallest absolute Gasteiger partial charge is 0.263 e. The summed E-state index contributed by atoms with van der Waals surface area (Å²) in [6, 6.07) is 23.2. The van der Waals surface area contributed by atoms with Gasteiger partial charge in [-0.05, 0) is 59.0 Å². The highest BCUT2D eigenvalue weighted by Gasteiger charge is 2.19. The second kappa shape index (κ2) is 7.72. The molecule has 0 saturated carbocycles. The summed E-state index contributed by atoms with van der Waals surface area (Å²) in [6.45, 7) is 0. The molecule has 0 fully saturated rings. The Labute approximate surface area is 176 Å². The van der Waals surface area contributed by atoms with Crippen LogP contribution in [-0.4, -0.2) is 18.4 Å². The molecule has 8 heteroatoms. The van der Waals surface area contributed by atoms with Crippen molar-refractivity contribution in [3.63, 3.8) is 0 Å². The SMILES string of the molecule is O=S(=O)(Nc1nc2ccccc2nc1Nc1ccccc1I)c1ccccc1. The Morgan fingerprint density at radius 1 is 0.714 bits per heavy atom. The van der Waals surface area contributed by atoms with Crippen molar-refractivity contribution in [1.82, 2.24) is 9.97 Å². The van der Waals surface area contributed by atoms with Gasteiger partial charge >= 0.3 is 0 Å². The number of fused-ring (bicyclic) bond motifs is 1. The lowest BCUT2D eigenvalue weighted by molar-refractivity contribution is 0.601. The molecule has 1 aromatic heterocycles. The van der Waals surface area contributed by atoms with Gasteiger partial charge < -0.3 is 5.32 Å². The van der Waals surface area contributed by atoms with E-state index in [-0.39, 0.29) is 10.7 Å². The van der Waals surface area contributed by atoms with Gasteiger partial charge in [0.15, 0.2) is 11.6 Å². The first-order chi connectivity index (χ1) is 13.5. The summed E-state index contributed by atoms with van der Waals surface area (Å²) in [5.41, 5.74) is 2.08. The highest BCUT2D eigenvalue weighted by Crippen LogP contribution is 2.28. The second-order valence-electron chi connectivity index (χ2n) is 5.93. The van der Waals surface area contributed by atoms with Crippen LogP contribution in [0.1, 0.15) is 0 Å². The van der Waals surface area contributed by atoms with Gasteiger partial charge in [-0.1, -0.05) is 42.5 Å². The molecule has 0 atom stereocenters. The van der Waals surface area contributed by atoms with E-state index >= 15 is 0 Å². The van der Waals surface area contributed by atoms with Crippen LogP contribution in [-0.2, 0) is 10.0 Å². The number of benzene rings is 3. The van der Waals surface area contributed by atoms with E-state index in [1.54, 1.807) is 24.3 Å². The number of hydrogen-bond donors (Lipinski definition) is 2. The first-order valence-corrected chi connectivity index (χ1v) is 11.0. The number of hydrogen-bond acceptors (Lipinski definition) is 5. The molecule has 0 aliphatic carbocycles. The molecule has 3 aromatic carbocycles. The molecule has 0 unspecified atom stereocenters. The zero-order chi connectivity index (χ0) is 19.6. The average Bonchev–Trinajstić information content (AvgIpc) is 2.70. The maximum absolute atomic E-state index is 12.8. The number of sulfonamides is 1. The number of para-hydroxylation sites is 3. The Morgan fingerprint density at radius 2 is 1.29 bits per heavy atom. The third kappa shape index (κ3) is 3.92. The van der Waals surface area contributed by atoms with E-state index in [1.165, 1.54) is 12.1 Å². The number of halogens is 1. The highest BCUT2D eigenvalue weighted by molar-refractivity contribution is 14.1. The predicted octanol–water partition coefficient (Wildman–Crippen LogP) is 4.78. The summed E-state index contributed by atoms with van der Waals surface area (Å²) in [7, 11) is -3.80. The van der Waals surface area contributed by atoms with E-state index in [4.69, 9.17) is 0 Å². The van der Waals surface area contributed by atoms with Crippen LogP contribution < -0.4 is 10.0 Å². The molecule has 28 heavy (non-hydrogen) atoms. The van der Waals surface area contributed by atoms with Gasteiger partial charge in [0.2, 0.25) is 0 Å². The van der Waals surface area contributed by atoms with Crippen molar-refractivity contribution in [1.29, 1.82) is 0 Å². The first-order valence-electron chi connectivity index (χ1n) is 8.39. The zero-order valence-electron chi connectivity index (χ0n) is 14.5. The normalized spacial score (nSPS) is 11.3. The monoisotopic (exact) mass is 502 g/mol. The lowest BCUT2D eigenvalue weighted by Gasteiger charge is -2.14. The Balaban J connectivity index is 1.81. The quantitative estimate of drug-likeness (QED) is 0.384. The average molecular weight is 502 g/mol. The topological polar surface area (TPSA) is 84.0 Å². The van der Waals surface area contributed by atoms with Gasteiger partial charge in [-0.15, -0.1) is 0 Å². The Morgan fingerprint density at radius 3 is 1.96 bits per heavy atom. The fourth-order valence-corrected chi connectivity index (χ4v) is 4.19. The molecule has 6 nitrogen and oxygen atoms in total. The van der Waals surface area contributed by atoms with Crippen molar-refractivity contribution < 1.29 is 8.42 Å². The number of nitrogens with one attached hydrogen (secondary N) is 2. The van der Waals surface area contributed by atoms with E-state index < -0.39 is 10.0 Å². The maximum Gasteiger partial charge on any atom is 0.263 e. The summed E-state index contributed by atoms with van der Waals surface area (Å²) in [5, 5.41) is 3.20. The molecule has 1 heterocycles. The summed E-state index contributed by atoms with van der Waals surface area (Å²) in [6.07, 6.45) is 0. The molecule has 2 N–H and O–H groups in total. The molecule has 4 rings (SSSR count). The molecule has 0 aliphatic heterocycles. The van der Waals surface area contributed by atoms with Crippen LogP contribution in [0.3, 0.4) is 0 Å². The van der Waals surface area contributed by atoms with Gasteiger partial charge in [-0.3, -0.25) is 4.72 Å². The number of anilines is 3. The van der Waals surface area contributed by atoms with Crippen LogP contribution in [0.2, 0.25) is 0 Å². The van der Waals surface area contributed by atoms with Crippen molar-refractivity contribution in [2.45, 2.75) is 4.90 Å². The van der Waals surface area contributed by atoms with Crippen molar-refractivity contribution in [3.05, 3.63) is 82.4 Å². The van der Waals surface area contributed by atoms with Crippen LogP contribution in [0.15, 0.2) is 83.8 Å². The van der Waals surface area contributed by atoms with Gasteiger partial charge in [0, 0.05) is 3.57 Å². The molecule has 0 bridgehead atoms. The standard InChI is InChI=1S/C20H15IN4O2S/c21-15-10-4-5-11-16(15)22-19-20(24-18-13-7-6-12-17(18)23-19)25-28(26,27)14-8-2-1-3-9-14/h1-13H,(H,22,23)(H,24,25). The van der Waals surface area contributed by atoms with Crippen LogP contribution in [0.5, 0.6) is 0 Å². The van der Waals surface area contributed by atoms with E-state index in [2.05, 4.69) is 42.6 Å². The summed E-state index contributed by atoms with van der Waals surface area (Å²) < 4.78 is 29.1. The van der Waals surface area contributed by atoms with E-state index in [0.717, 1.165) is 9.26 Å². The Hall–Kier alpha value is -2.72. The number of aromatic nitrogens is 2. The van der Waals surface area contributed by atoms with Gasteiger partial charge in [0.1, 0.15) is 0 Å². The van der Waals surface area contributed by atoms with Crippen molar-refractivity contribution >= 4 is 61.0 Å². The number of rotatable bonds is 5. The fraction of sp³-hybridized carbons (Fsp3) is 0. The van der Waals surface area contributed by atoms with Crippen LogP contribution in [0.25, 0.3) is 11.0 Å². The molecule has 0 aliphatic rings. The molecule has 0 saturated heterocycles. The van der Waals surface area contributed by atoms with Crippen molar-refractivity contribution in [3.8, 4) is 0 Å². The molecule has 0 amide bonds. The Bertz CT molecular complexity index is 1250. The van der Waals surface area contributed by atoms with E-state index in [9.17, 15) is 8.42 Å². The van der Waals surface area contributed by atoms with Crippen molar-refractivity contribution in [2.75, 3.05) is 10.0 Å².